The molecule has 1 amide bonds. The van der Waals surface area contributed by atoms with Crippen LogP contribution >= 0.6 is 11.8 Å². The third-order valence-corrected chi connectivity index (χ3v) is 5.09. The van der Waals surface area contributed by atoms with Crippen LogP contribution in [0.2, 0.25) is 0 Å². The Morgan fingerprint density at radius 3 is 2.96 bits per heavy atom. The highest BCUT2D eigenvalue weighted by atomic mass is 32.2. The zero-order valence-electron chi connectivity index (χ0n) is 14.7. The van der Waals surface area contributed by atoms with Crippen LogP contribution < -0.4 is 14.8 Å². The largest absolute Gasteiger partial charge is 0.454 e. The van der Waals surface area contributed by atoms with Gasteiger partial charge in [-0.3, -0.25) is 9.36 Å². The SMILES string of the molecule is Cc1ccccc1-n1cnnc1SCC(=O)NCc1ccc2c(c1)OCO2. The molecule has 1 aliphatic heterocycles. The molecule has 0 spiro atoms. The average Bonchev–Trinajstić information content (AvgIpc) is 3.33. The van der Waals surface area contributed by atoms with Crippen molar-refractivity contribution in [3.05, 3.63) is 59.9 Å². The maximum Gasteiger partial charge on any atom is 0.231 e. The highest BCUT2D eigenvalue weighted by Gasteiger charge is 2.14. The second kappa shape index (κ2) is 7.71. The molecule has 0 aliphatic carbocycles. The van der Waals surface area contributed by atoms with E-state index in [4.69, 9.17) is 9.47 Å². The van der Waals surface area contributed by atoms with Gasteiger partial charge >= 0.3 is 0 Å². The van der Waals surface area contributed by atoms with Gasteiger partial charge < -0.3 is 14.8 Å². The van der Waals surface area contributed by atoms with Crippen molar-refractivity contribution >= 4 is 17.7 Å². The van der Waals surface area contributed by atoms with E-state index in [0.29, 0.717) is 17.5 Å². The molecule has 0 radical (unpaired) electrons. The van der Waals surface area contributed by atoms with Crippen LogP contribution in [0.5, 0.6) is 11.5 Å². The monoisotopic (exact) mass is 382 g/mol. The van der Waals surface area contributed by atoms with Gasteiger partial charge in [-0.05, 0) is 36.2 Å². The summed E-state index contributed by atoms with van der Waals surface area (Å²) in [6.45, 7) is 2.70. The number of benzene rings is 2. The van der Waals surface area contributed by atoms with Gasteiger partial charge in [0.1, 0.15) is 6.33 Å². The number of hydrogen-bond donors (Lipinski definition) is 1. The zero-order chi connectivity index (χ0) is 18.6. The Morgan fingerprint density at radius 2 is 2.07 bits per heavy atom. The summed E-state index contributed by atoms with van der Waals surface area (Å²) >= 11 is 1.35. The number of carbonyl (C=O) groups is 1. The molecule has 2 aromatic carbocycles. The molecule has 0 saturated carbocycles. The number of amides is 1. The van der Waals surface area contributed by atoms with Crippen LogP contribution in [0.1, 0.15) is 11.1 Å². The van der Waals surface area contributed by atoms with E-state index in [1.54, 1.807) is 6.33 Å². The minimum Gasteiger partial charge on any atom is -0.454 e. The van der Waals surface area contributed by atoms with Crippen molar-refractivity contribution in [2.45, 2.75) is 18.6 Å². The van der Waals surface area contributed by atoms with Gasteiger partial charge in [0, 0.05) is 6.54 Å². The molecule has 1 aromatic heterocycles. The summed E-state index contributed by atoms with van der Waals surface area (Å²) in [5.41, 5.74) is 3.08. The molecule has 1 N–H and O–H groups in total. The first-order valence-electron chi connectivity index (χ1n) is 8.45. The van der Waals surface area contributed by atoms with Gasteiger partial charge in [-0.2, -0.15) is 0 Å². The number of rotatable bonds is 6. The first kappa shape index (κ1) is 17.4. The van der Waals surface area contributed by atoms with E-state index in [2.05, 4.69) is 15.5 Å². The van der Waals surface area contributed by atoms with Gasteiger partial charge in [0.15, 0.2) is 16.7 Å². The van der Waals surface area contributed by atoms with E-state index < -0.39 is 0 Å². The Bertz CT molecular complexity index is 973. The number of aromatic nitrogens is 3. The van der Waals surface area contributed by atoms with Gasteiger partial charge in [0.2, 0.25) is 12.7 Å². The summed E-state index contributed by atoms with van der Waals surface area (Å²) in [6.07, 6.45) is 1.66. The summed E-state index contributed by atoms with van der Waals surface area (Å²) in [5.74, 6) is 1.63. The smallest absolute Gasteiger partial charge is 0.231 e. The van der Waals surface area contributed by atoms with Crippen LogP contribution in [-0.4, -0.2) is 33.2 Å². The standard InChI is InChI=1S/C19H18N4O3S/c1-13-4-2-3-5-15(13)23-11-21-22-19(23)27-10-18(24)20-9-14-6-7-16-17(8-14)26-12-25-16/h2-8,11H,9-10,12H2,1H3,(H,20,24). The van der Waals surface area contributed by atoms with Crippen molar-refractivity contribution < 1.29 is 14.3 Å². The third-order valence-electron chi connectivity index (χ3n) is 4.15. The molecule has 8 heteroatoms. The highest BCUT2D eigenvalue weighted by molar-refractivity contribution is 7.99. The molecular formula is C19H18N4O3S. The second-order valence-electron chi connectivity index (χ2n) is 6.02. The van der Waals surface area contributed by atoms with E-state index in [-0.39, 0.29) is 18.5 Å². The van der Waals surface area contributed by atoms with Crippen LogP contribution in [0.15, 0.2) is 53.9 Å². The number of para-hydroxylation sites is 1. The number of fused-ring (bicyclic) bond motifs is 1. The van der Waals surface area contributed by atoms with Crippen molar-refractivity contribution in [2.24, 2.45) is 0 Å². The number of nitrogens with zero attached hydrogens (tertiary/aromatic N) is 3. The molecule has 1 aliphatic rings. The fraction of sp³-hybridized carbons (Fsp3) is 0.211. The molecule has 27 heavy (non-hydrogen) atoms. The van der Waals surface area contributed by atoms with Crippen LogP contribution in [-0.2, 0) is 11.3 Å². The minimum atomic E-state index is -0.0722. The Kier molecular flexibility index (Phi) is 4.97. The third kappa shape index (κ3) is 3.90. The van der Waals surface area contributed by atoms with E-state index in [0.717, 1.165) is 22.6 Å². The van der Waals surface area contributed by atoms with E-state index in [1.807, 2.05) is 54.0 Å². The summed E-state index contributed by atoms with van der Waals surface area (Å²) in [7, 11) is 0. The Labute approximate surface area is 160 Å². The predicted molar refractivity (Wildman–Crippen MR) is 101 cm³/mol. The lowest BCUT2D eigenvalue weighted by Gasteiger charge is -2.09. The fourth-order valence-electron chi connectivity index (χ4n) is 2.75. The van der Waals surface area contributed by atoms with Crippen LogP contribution in [0.3, 0.4) is 0 Å². The predicted octanol–water partition coefficient (Wildman–Crippen LogP) is 2.71. The van der Waals surface area contributed by atoms with E-state index in [9.17, 15) is 4.79 Å². The topological polar surface area (TPSA) is 78.3 Å². The number of hydrogen-bond acceptors (Lipinski definition) is 6. The number of ether oxygens (including phenoxy) is 2. The highest BCUT2D eigenvalue weighted by Crippen LogP contribution is 2.32. The average molecular weight is 382 g/mol. The first-order valence-corrected chi connectivity index (χ1v) is 9.43. The molecule has 2 heterocycles. The van der Waals surface area contributed by atoms with Gasteiger partial charge in [-0.15, -0.1) is 10.2 Å². The lowest BCUT2D eigenvalue weighted by Crippen LogP contribution is -2.24. The normalized spacial score (nSPS) is 12.2. The molecule has 0 saturated heterocycles. The number of nitrogens with one attached hydrogen (secondary N) is 1. The molecule has 0 fully saturated rings. The van der Waals surface area contributed by atoms with Crippen molar-refractivity contribution in [2.75, 3.05) is 12.5 Å². The lowest BCUT2D eigenvalue weighted by molar-refractivity contribution is -0.118. The van der Waals surface area contributed by atoms with Crippen LogP contribution in [0, 0.1) is 6.92 Å². The van der Waals surface area contributed by atoms with E-state index >= 15 is 0 Å². The van der Waals surface area contributed by atoms with E-state index in [1.165, 1.54) is 11.8 Å². The summed E-state index contributed by atoms with van der Waals surface area (Å²) in [4.78, 5) is 12.2. The molecule has 7 nitrogen and oxygen atoms in total. The quantitative estimate of drug-likeness (QED) is 0.661. The van der Waals surface area contributed by atoms with Crippen LogP contribution in [0.4, 0.5) is 0 Å². The van der Waals surface area contributed by atoms with Crippen LogP contribution in [0.25, 0.3) is 5.69 Å². The van der Waals surface area contributed by atoms with Gasteiger partial charge in [0.25, 0.3) is 0 Å². The molecular weight excluding hydrogens is 364 g/mol. The lowest BCUT2D eigenvalue weighted by atomic mass is 10.2. The first-order chi connectivity index (χ1) is 13.2. The summed E-state index contributed by atoms with van der Waals surface area (Å²) in [5, 5.41) is 11.7. The number of aryl methyl sites for hydroxylation is 1. The van der Waals surface area contributed by atoms with Gasteiger partial charge in [0.05, 0.1) is 11.4 Å². The second-order valence-corrected chi connectivity index (χ2v) is 6.97. The Morgan fingerprint density at radius 1 is 1.22 bits per heavy atom. The molecule has 0 atom stereocenters. The summed E-state index contributed by atoms with van der Waals surface area (Å²) in [6, 6.07) is 13.6. The minimum absolute atomic E-state index is 0.0722. The molecule has 3 aromatic rings. The van der Waals surface area contributed by atoms with Crippen molar-refractivity contribution in [1.29, 1.82) is 0 Å². The number of carbonyl (C=O) groups excluding carboxylic acids is 1. The van der Waals surface area contributed by atoms with Crippen molar-refractivity contribution in [1.82, 2.24) is 20.1 Å². The fourth-order valence-corrected chi connectivity index (χ4v) is 3.51. The molecule has 4 rings (SSSR count). The Balaban J connectivity index is 1.34. The molecule has 0 unspecified atom stereocenters. The van der Waals surface area contributed by atoms with Gasteiger partial charge in [-0.25, -0.2) is 0 Å². The molecule has 138 valence electrons. The summed E-state index contributed by atoms with van der Waals surface area (Å²) < 4.78 is 12.5. The molecule has 0 bridgehead atoms. The number of thioether (sulfide) groups is 1. The van der Waals surface area contributed by atoms with Crippen molar-refractivity contribution in [3.8, 4) is 17.2 Å². The zero-order valence-corrected chi connectivity index (χ0v) is 15.5. The Hall–Kier alpha value is -3.00. The maximum absolute atomic E-state index is 12.2. The maximum atomic E-state index is 12.2. The van der Waals surface area contributed by atoms with Crippen molar-refractivity contribution in [3.63, 3.8) is 0 Å². The van der Waals surface area contributed by atoms with Gasteiger partial charge in [-0.1, -0.05) is 36.0 Å².